The number of Topliss-reactive ketones (excluding diaryl/α,β-unsaturated/α-hetero) is 1. The van der Waals surface area contributed by atoms with Crippen LogP contribution in [-0.4, -0.2) is 27.3 Å². The predicted molar refractivity (Wildman–Crippen MR) is 80.1 cm³/mol. The third kappa shape index (κ3) is 2.61. The molecule has 0 aliphatic heterocycles. The van der Waals surface area contributed by atoms with Gasteiger partial charge in [0.25, 0.3) is 0 Å². The van der Waals surface area contributed by atoms with E-state index in [9.17, 15) is 9.00 Å². The minimum Gasteiger partial charge on any atom is -0.497 e. The molecule has 4 nitrogen and oxygen atoms in total. The molecule has 1 heterocycles. The Morgan fingerprint density at radius 2 is 2.14 bits per heavy atom. The number of ether oxygens (including phenoxy) is 1. The molecule has 2 atom stereocenters. The Bertz CT molecular complexity index is 700. The van der Waals surface area contributed by atoms with E-state index in [4.69, 9.17) is 4.74 Å². The molecule has 0 saturated carbocycles. The number of nitrogens with zero attached hydrogens (tertiary/aromatic N) is 1. The number of hydrogen-bond donors (Lipinski definition) is 0. The van der Waals surface area contributed by atoms with E-state index in [-0.39, 0.29) is 5.78 Å². The summed E-state index contributed by atoms with van der Waals surface area (Å²) in [5, 5.41) is -0.0476. The lowest BCUT2D eigenvalue weighted by molar-refractivity contribution is 0.0977. The van der Waals surface area contributed by atoms with Gasteiger partial charge < -0.3 is 4.74 Å². The third-order valence-electron chi connectivity index (χ3n) is 3.65. The molecule has 0 bridgehead atoms. The van der Waals surface area contributed by atoms with Gasteiger partial charge in [0.05, 0.1) is 17.9 Å². The molecule has 0 fully saturated rings. The summed E-state index contributed by atoms with van der Waals surface area (Å²) in [7, 11) is 0.196. The number of fused-ring (bicyclic) bond motifs is 1. The van der Waals surface area contributed by atoms with E-state index in [2.05, 4.69) is 4.98 Å². The SMILES string of the molecule is COc1ccc2c(c1)CCC(S(=O)c1ccccn1)C2=O. The molecule has 1 aromatic carbocycles. The van der Waals surface area contributed by atoms with Crippen molar-refractivity contribution < 1.29 is 13.7 Å². The van der Waals surface area contributed by atoms with Gasteiger partial charge in [-0.05, 0) is 48.7 Å². The van der Waals surface area contributed by atoms with Crippen molar-refractivity contribution in [1.29, 1.82) is 0 Å². The van der Waals surface area contributed by atoms with Gasteiger partial charge in [-0.2, -0.15) is 0 Å². The number of carbonyl (C=O) groups excluding carboxylic acids is 1. The van der Waals surface area contributed by atoms with Crippen LogP contribution in [-0.2, 0) is 17.2 Å². The van der Waals surface area contributed by atoms with E-state index in [0.29, 0.717) is 17.0 Å². The molecule has 0 amide bonds. The molecule has 5 heteroatoms. The number of ketones is 1. The van der Waals surface area contributed by atoms with E-state index >= 15 is 0 Å². The fraction of sp³-hybridized carbons (Fsp3) is 0.250. The minimum absolute atomic E-state index is 0.0668. The van der Waals surface area contributed by atoms with Gasteiger partial charge in [-0.25, -0.2) is 4.98 Å². The Morgan fingerprint density at radius 3 is 2.86 bits per heavy atom. The number of aryl methyl sites for hydroxylation is 1. The van der Waals surface area contributed by atoms with Gasteiger partial charge in [-0.3, -0.25) is 9.00 Å². The molecule has 2 unspecified atom stereocenters. The summed E-state index contributed by atoms with van der Waals surface area (Å²) in [6.45, 7) is 0. The number of carbonyl (C=O) groups is 1. The van der Waals surface area contributed by atoms with Crippen LogP contribution in [0.2, 0.25) is 0 Å². The average Bonchev–Trinajstić information content (AvgIpc) is 2.55. The van der Waals surface area contributed by atoms with Crippen LogP contribution in [0, 0.1) is 0 Å². The van der Waals surface area contributed by atoms with Crippen molar-refractivity contribution in [2.24, 2.45) is 0 Å². The highest BCUT2D eigenvalue weighted by Gasteiger charge is 2.33. The molecule has 1 aliphatic rings. The molecule has 3 rings (SSSR count). The van der Waals surface area contributed by atoms with E-state index in [1.807, 2.05) is 6.07 Å². The Kier molecular flexibility index (Phi) is 3.84. The summed E-state index contributed by atoms with van der Waals surface area (Å²) in [5.41, 5.74) is 1.62. The first-order valence-corrected chi connectivity index (χ1v) is 7.94. The second-order valence-electron chi connectivity index (χ2n) is 4.88. The number of rotatable bonds is 3. The summed E-state index contributed by atoms with van der Waals surface area (Å²) in [6, 6.07) is 10.7. The highest BCUT2D eigenvalue weighted by atomic mass is 32.2. The zero-order valence-corrected chi connectivity index (χ0v) is 12.4. The molecule has 21 heavy (non-hydrogen) atoms. The number of pyridine rings is 1. The van der Waals surface area contributed by atoms with Crippen molar-refractivity contribution in [1.82, 2.24) is 4.98 Å². The van der Waals surface area contributed by atoms with Gasteiger partial charge in [0.15, 0.2) is 5.78 Å². The van der Waals surface area contributed by atoms with E-state index in [0.717, 1.165) is 17.7 Å². The minimum atomic E-state index is -1.41. The fourth-order valence-electron chi connectivity index (χ4n) is 2.55. The van der Waals surface area contributed by atoms with Gasteiger partial charge in [0.2, 0.25) is 0 Å². The lowest BCUT2D eigenvalue weighted by Gasteiger charge is -2.22. The number of benzene rings is 1. The average molecular weight is 301 g/mol. The lowest BCUT2D eigenvalue weighted by Crippen LogP contribution is -2.31. The monoisotopic (exact) mass is 301 g/mol. The number of hydrogen-bond acceptors (Lipinski definition) is 4. The van der Waals surface area contributed by atoms with Crippen molar-refractivity contribution in [2.75, 3.05) is 7.11 Å². The maximum atomic E-state index is 12.6. The van der Waals surface area contributed by atoms with Gasteiger partial charge in [-0.15, -0.1) is 0 Å². The number of methoxy groups -OCH3 is 1. The molecule has 0 saturated heterocycles. The maximum Gasteiger partial charge on any atom is 0.179 e. The molecular weight excluding hydrogens is 286 g/mol. The molecule has 1 aromatic heterocycles. The van der Waals surface area contributed by atoms with Crippen molar-refractivity contribution in [3.63, 3.8) is 0 Å². The zero-order chi connectivity index (χ0) is 14.8. The highest BCUT2D eigenvalue weighted by Crippen LogP contribution is 2.29. The van der Waals surface area contributed by atoms with Crippen molar-refractivity contribution in [3.8, 4) is 5.75 Å². The normalized spacial score (nSPS) is 18.9. The van der Waals surface area contributed by atoms with Crippen molar-refractivity contribution in [2.45, 2.75) is 23.1 Å². The van der Waals surface area contributed by atoms with Gasteiger partial charge in [-0.1, -0.05) is 6.07 Å². The van der Waals surface area contributed by atoms with Crippen LogP contribution in [0.15, 0.2) is 47.6 Å². The lowest BCUT2D eigenvalue weighted by atomic mass is 9.90. The Labute approximate surface area is 125 Å². The number of aromatic nitrogens is 1. The van der Waals surface area contributed by atoms with Gasteiger partial charge >= 0.3 is 0 Å². The zero-order valence-electron chi connectivity index (χ0n) is 11.6. The van der Waals surface area contributed by atoms with Crippen LogP contribution in [0.4, 0.5) is 0 Å². The van der Waals surface area contributed by atoms with Crippen molar-refractivity contribution in [3.05, 3.63) is 53.7 Å². The molecule has 0 N–H and O–H groups in total. The first-order valence-electron chi connectivity index (χ1n) is 6.73. The van der Waals surface area contributed by atoms with Crippen LogP contribution in [0.25, 0.3) is 0 Å². The van der Waals surface area contributed by atoms with Gasteiger partial charge in [0, 0.05) is 11.8 Å². The topological polar surface area (TPSA) is 56.3 Å². The van der Waals surface area contributed by atoms with Crippen molar-refractivity contribution >= 4 is 16.6 Å². The highest BCUT2D eigenvalue weighted by molar-refractivity contribution is 7.86. The van der Waals surface area contributed by atoms with Crippen LogP contribution in [0.1, 0.15) is 22.3 Å². The summed E-state index contributed by atoms with van der Waals surface area (Å²) >= 11 is 0. The summed E-state index contributed by atoms with van der Waals surface area (Å²) in [6.07, 6.45) is 2.89. The van der Waals surface area contributed by atoms with Crippen LogP contribution < -0.4 is 4.74 Å². The largest absolute Gasteiger partial charge is 0.497 e. The van der Waals surface area contributed by atoms with Gasteiger partial charge in [0.1, 0.15) is 16.0 Å². The maximum absolute atomic E-state index is 12.6. The fourth-order valence-corrected chi connectivity index (χ4v) is 3.87. The third-order valence-corrected chi connectivity index (χ3v) is 5.27. The van der Waals surface area contributed by atoms with Crippen LogP contribution in [0.3, 0.4) is 0 Å². The quantitative estimate of drug-likeness (QED) is 0.873. The van der Waals surface area contributed by atoms with E-state index in [1.54, 1.807) is 43.6 Å². The molecule has 2 aromatic rings. The standard InChI is InChI=1S/C16H15NO3S/c1-20-12-6-7-13-11(10-12)5-8-14(16(13)18)21(19)15-4-2-3-9-17-15/h2-4,6-7,9-10,14H,5,8H2,1H3. The Balaban J connectivity index is 1.91. The summed E-state index contributed by atoms with van der Waals surface area (Å²) in [5.74, 6) is 0.675. The summed E-state index contributed by atoms with van der Waals surface area (Å²) in [4.78, 5) is 16.7. The van der Waals surface area contributed by atoms with E-state index < -0.39 is 16.0 Å². The molecular formula is C16H15NO3S. The molecule has 1 aliphatic carbocycles. The van der Waals surface area contributed by atoms with Crippen LogP contribution in [0.5, 0.6) is 5.75 Å². The Hall–Kier alpha value is -2.01. The van der Waals surface area contributed by atoms with E-state index in [1.165, 1.54) is 0 Å². The molecule has 108 valence electrons. The second kappa shape index (κ2) is 5.77. The molecule has 0 radical (unpaired) electrons. The first kappa shape index (κ1) is 13.9. The smallest absolute Gasteiger partial charge is 0.179 e. The predicted octanol–water partition coefficient (Wildman–Crippen LogP) is 2.40. The Morgan fingerprint density at radius 1 is 1.29 bits per heavy atom. The summed E-state index contributed by atoms with van der Waals surface area (Å²) < 4.78 is 17.7. The first-order chi connectivity index (χ1) is 10.2. The van der Waals surface area contributed by atoms with Crippen LogP contribution >= 0.6 is 0 Å². The second-order valence-corrected chi connectivity index (χ2v) is 6.46. The molecule has 0 spiro atoms.